The van der Waals surface area contributed by atoms with E-state index in [1.807, 2.05) is 0 Å². The molecule has 2 aliphatic heterocycles. The summed E-state index contributed by atoms with van der Waals surface area (Å²) in [5.74, 6) is 0.453. The maximum Gasteiger partial charge on any atom is 0.416 e. The number of nitrogens with one attached hydrogen (secondary N) is 1. The molecule has 2 fully saturated rings. The van der Waals surface area contributed by atoms with Gasteiger partial charge < -0.3 is 10.1 Å². The molecule has 0 spiro atoms. The molecular weight excluding hydrogens is 258 g/mol. The van der Waals surface area contributed by atoms with Crippen LogP contribution in [0.5, 0.6) is 0 Å². The van der Waals surface area contributed by atoms with E-state index in [4.69, 9.17) is 4.74 Å². The number of rotatable bonds is 5. The molecule has 6 heteroatoms. The molecule has 2 heterocycles. The van der Waals surface area contributed by atoms with Crippen molar-refractivity contribution < 1.29 is 14.3 Å². The van der Waals surface area contributed by atoms with Crippen molar-refractivity contribution in [2.45, 2.75) is 32.7 Å². The lowest BCUT2D eigenvalue weighted by Crippen LogP contribution is -2.46. The average molecular weight is 283 g/mol. The van der Waals surface area contributed by atoms with Crippen LogP contribution in [0, 0.1) is 5.92 Å². The summed E-state index contributed by atoms with van der Waals surface area (Å²) in [5, 5.41) is 3.46. The fourth-order valence-corrected chi connectivity index (χ4v) is 2.76. The lowest BCUT2D eigenvalue weighted by molar-refractivity contribution is -0.129. The lowest BCUT2D eigenvalue weighted by atomic mass is 9.97. The Labute approximate surface area is 120 Å². The number of amides is 2. The molecule has 2 saturated heterocycles. The monoisotopic (exact) mass is 283 g/mol. The molecule has 0 aromatic heterocycles. The summed E-state index contributed by atoms with van der Waals surface area (Å²) in [6.45, 7) is 8.18. The summed E-state index contributed by atoms with van der Waals surface area (Å²) in [7, 11) is 0. The van der Waals surface area contributed by atoms with Crippen LogP contribution in [-0.4, -0.2) is 67.2 Å². The standard InChI is InChI=1S/C14H25N3O3/c1-11(2)15-8-12-4-3-5-16(9-12)10-13(18)17-6-7-20-14(17)19/h11-12,15H,3-10H2,1-2H3. The summed E-state index contributed by atoms with van der Waals surface area (Å²) in [6.07, 6.45) is 1.82. The molecule has 1 N–H and O–H groups in total. The van der Waals surface area contributed by atoms with Crippen molar-refractivity contribution in [3.05, 3.63) is 0 Å². The van der Waals surface area contributed by atoms with Gasteiger partial charge in [-0.2, -0.15) is 0 Å². The minimum absolute atomic E-state index is 0.134. The van der Waals surface area contributed by atoms with Gasteiger partial charge in [-0.15, -0.1) is 0 Å². The van der Waals surface area contributed by atoms with E-state index in [1.165, 1.54) is 11.3 Å². The Morgan fingerprint density at radius 3 is 2.90 bits per heavy atom. The Balaban J connectivity index is 1.77. The number of hydrogen-bond acceptors (Lipinski definition) is 5. The van der Waals surface area contributed by atoms with Crippen LogP contribution < -0.4 is 5.32 Å². The number of cyclic esters (lactones) is 1. The van der Waals surface area contributed by atoms with Gasteiger partial charge in [-0.05, 0) is 31.8 Å². The van der Waals surface area contributed by atoms with Gasteiger partial charge in [0.2, 0.25) is 5.91 Å². The van der Waals surface area contributed by atoms with Crippen LogP contribution in [0.3, 0.4) is 0 Å². The van der Waals surface area contributed by atoms with Gasteiger partial charge in [-0.25, -0.2) is 9.69 Å². The van der Waals surface area contributed by atoms with Crippen LogP contribution >= 0.6 is 0 Å². The second-order valence-electron chi connectivity index (χ2n) is 5.97. The summed E-state index contributed by atoms with van der Waals surface area (Å²) in [5.41, 5.74) is 0. The van der Waals surface area contributed by atoms with Crippen LogP contribution in [0.15, 0.2) is 0 Å². The Hall–Kier alpha value is -1.14. The first kappa shape index (κ1) is 15.3. The van der Waals surface area contributed by atoms with Crippen molar-refractivity contribution >= 4 is 12.0 Å². The zero-order valence-electron chi connectivity index (χ0n) is 12.4. The zero-order chi connectivity index (χ0) is 14.5. The van der Waals surface area contributed by atoms with E-state index in [0.717, 1.165) is 26.1 Å². The molecule has 20 heavy (non-hydrogen) atoms. The first-order chi connectivity index (χ1) is 9.56. The third-order valence-electron chi connectivity index (χ3n) is 3.84. The van der Waals surface area contributed by atoms with Crippen LogP contribution in [0.25, 0.3) is 0 Å². The fraction of sp³-hybridized carbons (Fsp3) is 0.857. The highest BCUT2D eigenvalue weighted by Gasteiger charge is 2.30. The number of hydrogen-bond donors (Lipinski definition) is 1. The number of piperidine rings is 1. The predicted molar refractivity (Wildman–Crippen MR) is 75.4 cm³/mol. The van der Waals surface area contributed by atoms with Gasteiger partial charge in [-0.3, -0.25) is 9.69 Å². The number of likely N-dealkylation sites (tertiary alicyclic amines) is 1. The summed E-state index contributed by atoms with van der Waals surface area (Å²) in [6, 6.07) is 0.492. The average Bonchev–Trinajstić information content (AvgIpc) is 2.83. The second kappa shape index (κ2) is 7.04. The predicted octanol–water partition coefficient (Wildman–Crippen LogP) is 0.675. The zero-order valence-corrected chi connectivity index (χ0v) is 12.4. The van der Waals surface area contributed by atoms with E-state index in [1.54, 1.807) is 0 Å². The Kier molecular flexibility index (Phi) is 5.37. The molecule has 0 bridgehead atoms. The number of imide groups is 1. The minimum atomic E-state index is -0.495. The first-order valence-electron chi connectivity index (χ1n) is 7.49. The normalized spacial score (nSPS) is 24.2. The van der Waals surface area contributed by atoms with Gasteiger partial charge in [0.25, 0.3) is 0 Å². The van der Waals surface area contributed by atoms with E-state index in [2.05, 4.69) is 24.1 Å². The van der Waals surface area contributed by atoms with Gasteiger partial charge in [0, 0.05) is 12.6 Å². The molecule has 0 saturated carbocycles. The molecule has 0 aromatic carbocycles. The molecule has 1 atom stereocenters. The number of ether oxygens (including phenoxy) is 1. The van der Waals surface area contributed by atoms with Crippen molar-refractivity contribution in [3.8, 4) is 0 Å². The molecular formula is C14H25N3O3. The van der Waals surface area contributed by atoms with Crippen molar-refractivity contribution in [1.29, 1.82) is 0 Å². The quantitative estimate of drug-likeness (QED) is 0.804. The largest absolute Gasteiger partial charge is 0.447 e. The maximum absolute atomic E-state index is 12.1. The third kappa shape index (κ3) is 4.18. The molecule has 1 unspecified atom stereocenters. The molecule has 0 radical (unpaired) electrons. The molecule has 6 nitrogen and oxygen atoms in total. The van der Waals surface area contributed by atoms with Gasteiger partial charge in [0.05, 0.1) is 13.1 Å². The maximum atomic E-state index is 12.1. The van der Waals surface area contributed by atoms with Crippen LogP contribution in [0.2, 0.25) is 0 Å². The van der Waals surface area contributed by atoms with Gasteiger partial charge in [0.15, 0.2) is 0 Å². The number of carbonyl (C=O) groups is 2. The highest BCUT2D eigenvalue weighted by molar-refractivity contribution is 5.94. The number of carbonyl (C=O) groups excluding carboxylic acids is 2. The molecule has 114 valence electrons. The van der Waals surface area contributed by atoms with E-state index in [9.17, 15) is 9.59 Å². The Bertz CT molecular complexity index is 360. The van der Waals surface area contributed by atoms with Crippen LogP contribution in [0.1, 0.15) is 26.7 Å². The highest BCUT2D eigenvalue weighted by atomic mass is 16.6. The third-order valence-corrected chi connectivity index (χ3v) is 3.84. The topological polar surface area (TPSA) is 61.9 Å². The first-order valence-corrected chi connectivity index (χ1v) is 7.49. The van der Waals surface area contributed by atoms with Crippen molar-refractivity contribution in [1.82, 2.24) is 15.1 Å². The van der Waals surface area contributed by atoms with Gasteiger partial charge in [-0.1, -0.05) is 13.8 Å². The second-order valence-corrected chi connectivity index (χ2v) is 5.97. The van der Waals surface area contributed by atoms with Crippen LogP contribution in [0.4, 0.5) is 4.79 Å². The number of nitrogens with zero attached hydrogens (tertiary/aromatic N) is 2. The van der Waals surface area contributed by atoms with E-state index < -0.39 is 6.09 Å². The summed E-state index contributed by atoms with van der Waals surface area (Å²) in [4.78, 5) is 26.8. The van der Waals surface area contributed by atoms with E-state index in [-0.39, 0.29) is 5.91 Å². The molecule has 0 aromatic rings. The molecule has 0 aliphatic carbocycles. The Morgan fingerprint density at radius 2 is 2.25 bits per heavy atom. The minimum Gasteiger partial charge on any atom is -0.447 e. The van der Waals surface area contributed by atoms with Crippen LogP contribution in [-0.2, 0) is 9.53 Å². The smallest absolute Gasteiger partial charge is 0.416 e. The van der Waals surface area contributed by atoms with Crippen molar-refractivity contribution in [3.63, 3.8) is 0 Å². The fourth-order valence-electron chi connectivity index (χ4n) is 2.76. The summed E-state index contributed by atoms with van der Waals surface area (Å²) < 4.78 is 4.80. The van der Waals surface area contributed by atoms with Crippen molar-refractivity contribution in [2.75, 3.05) is 39.3 Å². The SMILES string of the molecule is CC(C)NCC1CCCN(CC(=O)N2CCOC2=O)C1. The summed E-state index contributed by atoms with van der Waals surface area (Å²) >= 11 is 0. The molecule has 2 aliphatic rings. The van der Waals surface area contributed by atoms with Crippen molar-refractivity contribution in [2.24, 2.45) is 5.92 Å². The van der Waals surface area contributed by atoms with E-state index in [0.29, 0.717) is 31.7 Å². The highest BCUT2D eigenvalue weighted by Crippen LogP contribution is 2.16. The van der Waals surface area contributed by atoms with Gasteiger partial charge in [0.1, 0.15) is 6.61 Å². The molecule has 2 amide bonds. The lowest BCUT2D eigenvalue weighted by Gasteiger charge is -2.33. The van der Waals surface area contributed by atoms with E-state index >= 15 is 0 Å². The Morgan fingerprint density at radius 1 is 1.45 bits per heavy atom. The molecule has 2 rings (SSSR count). The van der Waals surface area contributed by atoms with Gasteiger partial charge >= 0.3 is 6.09 Å².